The molecule has 30 heteroatoms. The van der Waals surface area contributed by atoms with Crippen molar-refractivity contribution in [1.29, 1.82) is 21.6 Å². The van der Waals surface area contributed by atoms with E-state index in [1.165, 1.54) is 0 Å². The summed E-state index contributed by atoms with van der Waals surface area (Å²) in [5.41, 5.74) is 43.5. The zero-order valence-electron chi connectivity index (χ0n) is 35.6. The Morgan fingerprint density at radius 3 is 0.938 bits per heavy atom. The number of rotatable bonds is 30. The van der Waals surface area contributed by atoms with Crippen molar-refractivity contribution in [3.05, 3.63) is 11.4 Å². The quantitative estimate of drug-likeness (QED) is 0.0194. The molecule has 64 heavy (non-hydrogen) atoms. The van der Waals surface area contributed by atoms with Crippen molar-refractivity contribution in [3.8, 4) is 0 Å². The summed E-state index contributed by atoms with van der Waals surface area (Å²) in [6, 6.07) is -4.83. The Morgan fingerprint density at radius 1 is 0.422 bits per heavy atom. The highest BCUT2D eigenvalue weighted by molar-refractivity contribution is 6.03. The highest BCUT2D eigenvalue weighted by atomic mass is 16.2. The molecule has 358 valence electrons. The van der Waals surface area contributed by atoms with Crippen LogP contribution in [0.3, 0.4) is 0 Å². The summed E-state index contributed by atoms with van der Waals surface area (Å²) in [5, 5.41) is 55.3. The molecule has 0 aromatic carbocycles. The summed E-state index contributed by atoms with van der Waals surface area (Å²) in [4.78, 5) is 88.5. The van der Waals surface area contributed by atoms with Crippen LogP contribution in [0.25, 0.3) is 0 Å². The van der Waals surface area contributed by atoms with Crippen LogP contribution in [0.2, 0.25) is 0 Å². The van der Waals surface area contributed by atoms with E-state index in [4.69, 9.17) is 67.5 Å². The lowest BCUT2D eigenvalue weighted by Gasteiger charge is -2.24. The first kappa shape index (κ1) is 54.5. The molecule has 6 amide bonds. The Morgan fingerprint density at radius 2 is 0.688 bits per heavy atom. The topological polar surface area (TPSA) is 552 Å². The van der Waals surface area contributed by atoms with Crippen LogP contribution in [0.15, 0.2) is 0 Å². The van der Waals surface area contributed by atoms with Crippen LogP contribution in [-0.2, 0) is 19.2 Å². The second kappa shape index (κ2) is 29.7. The molecule has 1 rings (SSSR count). The van der Waals surface area contributed by atoms with Crippen molar-refractivity contribution >= 4 is 70.9 Å². The molecule has 0 saturated carbocycles. The maximum absolute atomic E-state index is 13.7. The lowest BCUT2D eigenvalue weighted by molar-refractivity contribution is -0.130. The molecule has 1 aromatic rings. The Kier molecular flexibility index (Phi) is 25.3. The van der Waals surface area contributed by atoms with Gasteiger partial charge in [0.25, 0.3) is 11.8 Å². The largest absolute Gasteiger partial charge is 0.382 e. The predicted molar refractivity (Wildman–Crippen MR) is 238 cm³/mol. The van der Waals surface area contributed by atoms with Crippen molar-refractivity contribution in [3.63, 3.8) is 0 Å². The molecule has 30 nitrogen and oxygen atoms in total. The predicted octanol–water partition coefficient (Wildman–Crippen LogP) is -7.99. The number of hydrogen-bond donors (Lipinski definition) is 22. The van der Waals surface area contributed by atoms with Gasteiger partial charge in [0.05, 0.1) is 0 Å². The van der Waals surface area contributed by atoms with Gasteiger partial charge >= 0.3 is 0 Å². The van der Waals surface area contributed by atoms with E-state index in [0.717, 1.165) is 0 Å². The number of carbonyl (C=O) groups excluding carboxylic acids is 6. The maximum Gasteiger partial charge on any atom is 0.274 e. The molecule has 0 aliphatic heterocycles. The average molecular weight is 907 g/mol. The van der Waals surface area contributed by atoms with E-state index in [-0.39, 0.29) is 115 Å². The Bertz CT molecular complexity index is 1650. The number of guanidine groups is 4. The van der Waals surface area contributed by atoms with E-state index in [2.05, 4.69) is 63.1 Å². The van der Waals surface area contributed by atoms with Crippen LogP contribution in [0.4, 0.5) is 11.6 Å². The van der Waals surface area contributed by atoms with Gasteiger partial charge in [0.1, 0.15) is 24.2 Å². The first-order valence-corrected chi connectivity index (χ1v) is 20.2. The fraction of sp³-hybridized carbons (Fsp3) is 0.588. The second-order valence-corrected chi connectivity index (χ2v) is 14.0. The minimum absolute atomic E-state index is 0.0413. The zero-order valence-corrected chi connectivity index (χ0v) is 35.6. The van der Waals surface area contributed by atoms with Gasteiger partial charge in [-0.1, -0.05) is 0 Å². The van der Waals surface area contributed by atoms with E-state index in [1.54, 1.807) is 0 Å². The standard InChI is InChI=1S/C34H66N24O6/c35-9-15-47-25(59)17(5-1-11-49-31(39)40)53-27(61)19(7-3-13-51-33(43)44)55-29(63)21-23(37)58-22(24(38)57-21)30(64)56-20(8-4-14-52-34(45)46)28(62)54-18(26(60)48-16-10-36)6-2-12-50-32(41)42/h17-20H,1-16,35-36H2,(H2,38,57)(H2,37,58)(H,47,59)(H,48,60)(H,53,61)(H,54,62)(H,55,63)(H,56,64)(H4,39,40,49)(H4,41,42,50)(H4,43,44,51)(H4,45,46,52)/t17?,18?,19-,20-/m0/s1. The Labute approximate surface area is 369 Å². The van der Waals surface area contributed by atoms with Gasteiger partial charge in [-0.25, -0.2) is 9.97 Å². The number of nitrogens with two attached hydrogens (primary N) is 8. The van der Waals surface area contributed by atoms with E-state index in [1.807, 2.05) is 0 Å². The van der Waals surface area contributed by atoms with Gasteiger partial charge in [-0.2, -0.15) is 0 Å². The molecule has 0 bridgehead atoms. The van der Waals surface area contributed by atoms with Crippen LogP contribution in [0, 0.1) is 21.6 Å². The summed E-state index contributed by atoms with van der Waals surface area (Å²) < 4.78 is 0. The molecule has 2 unspecified atom stereocenters. The van der Waals surface area contributed by atoms with E-state index >= 15 is 0 Å². The van der Waals surface area contributed by atoms with Gasteiger partial charge in [0, 0.05) is 52.4 Å². The SMILES string of the molecule is N=C(N)NCCCC(NC(=O)[C@H](CCCNC(=N)N)NC(=O)c1nc(N)c(C(=O)N[C@@H](CCCNC(=N)N)C(=O)NC(CCCNC(=N)N)C(=O)NCCN)nc1N)C(=O)NCCN. The minimum atomic E-state index is -1.32. The summed E-state index contributed by atoms with van der Waals surface area (Å²) in [6.45, 7) is 1.20. The first-order valence-electron chi connectivity index (χ1n) is 20.2. The number of anilines is 2. The van der Waals surface area contributed by atoms with Crippen LogP contribution in [0.5, 0.6) is 0 Å². The molecule has 0 spiro atoms. The summed E-state index contributed by atoms with van der Waals surface area (Å²) in [5.74, 6) is -7.14. The maximum atomic E-state index is 13.7. The third-order valence-electron chi connectivity index (χ3n) is 8.72. The molecule has 0 aliphatic carbocycles. The number of carbonyl (C=O) groups is 6. The lowest BCUT2D eigenvalue weighted by Crippen LogP contribution is -2.54. The smallest absolute Gasteiger partial charge is 0.274 e. The van der Waals surface area contributed by atoms with Crippen LogP contribution >= 0.6 is 0 Å². The normalized spacial score (nSPS) is 12.4. The molecular formula is C34H66N24O6. The molecule has 0 aliphatic rings. The Hall–Kier alpha value is -7.50. The molecule has 30 N–H and O–H groups in total. The van der Waals surface area contributed by atoms with Crippen molar-refractivity contribution in [2.24, 2.45) is 34.4 Å². The van der Waals surface area contributed by atoms with Crippen molar-refractivity contribution in [1.82, 2.24) is 63.1 Å². The minimum Gasteiger partial charge on any atom is -0.382 e. The van der Waals surface area contributed by atoms with Crippen LogP contribution in [0.1, 0.15) is 72.3 Å². The van der Waals surface area contributed by atoms with Gasteiger partial charge < -0.3 is 99.0 Å². The van der Waals surface area contributed by atoms with E-state index < -0.39 is 82.6 Å². The van der Waals surface area contributed by atoms with Gasteiger partial charge in [-0.15, -0.1) is 0 Å². The van der Waals surface area contributed by atoms with Gasteiger partial charge in [0.15, 0.2) is 46.9 Å². The number of hydrogen-bond acceptors (Lipinski definition) is 16. The van der Waals surface area contributed by atoms with Crippen molar-refractivity contribution in [2.45, 2.75) is 75.5 Å². The molecule has 1 aromatic heterocycles. The Balaban J connectivity index is 3.39. The molecule has 0 fully saturated rings. The zero-order chi connectivity index (χ0) is 48.2. The molecule has 1 heterocycles. The number of nitrogen functional groups attached to an aromatic ring is 2. The highest BCUT2D eigenvalue weighted by Gasteiger charge is 2.31. The fourth-order valence-electron chi connectivity index (χ4n) is 5.62. The molecule has 0 radical (unpaired) electrons. The highest BCUT2D eigenvalue weighted by Crippen LogP contribution is 2.15. The molecule has 0 saturated heterocycles. The first-order chi connectivity index (χ1) is 30.3. The van der Waals surface area contributed by atoms with Crippen molar-refractivity contribution < 1.29 is 28.8 Å². The lowest BCUT2D eigenvalue weighted by atomic mass is 10.1. The third-order valence-corrected chi connectivity index (χ3v) is 8.72. The average Bonchev–Trinajstić information content (AvgIpc) is 3.23. The second-order valence-electron chi connectivity index (χ2n) is 14.0. The molecule has 4 atom stereocenters. The van der Waals surface area contributed by atoms with E-state index in [0.29, 0.717) is 12.8 Å². The van der Waals surface area contributed by atoms with E-state index in [9.17, 15) is 28.8 Å². The summed E-state index contributed by atoms with van der Waals surface area (Å²) >= 11 is 0. The monoisotopic (exact) mass is 907 g/mol. The van der Waals surface area contributed by atoms with Crippen LogP contribution in [-0.4, -0.2) is 146 Å². The number of nitrogens with one attached hydrogen (secondary N) is 14. The van der Waals surface area contributed by atoms with Gasteiger partial charge in [-0.05, 0) is 51.4 Å². The number of aromatic nitrogens is 2. The number of nitrogens with zero attached hydrogens (tertiary/aromatic N) is 2. The third kappa shape index (κ3) is 21.8. The molecular weight excluding hydrogens is 841 g/mol. The van der Waals surface area contributed by atoms with Gasteiger partial charge in [0.2, 0.25) is 23.6 Å². The number of amides is 6. The van der Waals surface area contributed by atoms with Gasteiger partial charge in [-0.3, -0.25) is 50.4 Å². The summed E-state index contributed by atoms with van der Waals surface area (Å²) in [7, 11) is 0. The van der Waals surface area contributed by atoms with Crippen molar-refractivity contribution in [2.75, 3.05) is 63.8 Å². The summed E-state index contributed by atoms with van der Waals surface area (Å²) in [6.07, 6.45) is 1.14. The van der Waals surface area contributed by atoms with Crippen LogP contribution < -0.4 is 99.0 Å². The fourth-order valence-corrected chi connectivity index (χ4v) is 5.62.